The molecule has 0 spiro atoms. The van der Waals surface area contributed by atoms with Gasteiger partial charge in [-0.15, -0.1) is 0 Å². The van der Waals surface area contributed by atoms with E-state index >= 15 is 0 Å². The third-order valence-electron chi connectivity index (χ3n) is 2.41. The fraction of sp³-hybridized carbons (Fsp3) is 0.615. The lowest BCUT2D eigenvalue weighted by molar-refractivity contribution is -0.122. The Morgan fingerprint density at radius 3 is 2.55 bits per heavy atom. The topological polar surface area (TPSA) is 102 Å². The lowest BCUT2D eigenvalue weighted by atomic mass is 10.2. The molecule has 1 heterocycles. The molecule has 0 saturated heterocycles. The maximum atomic E-state index is 10.5. The number of amides is 1. The van der Waals surface area contributed by atoms with Gasteiger partial charge in [-0.2, -0.15) is 0 Å². The summed E-state index contributed by atoms with van der Waals surface area (Å²) in [5.41, 5.74) is 4.98. The zero-order valence-corrected chi connectivity index (χ0v) is 12.3. The van der Waals surface area contributed by atoms with Gasteiger partial charge in [0, 0.05) is 25.1 Å². The number of carbonyl (C=O) groups is 1. The van der Waals surface area contributed by atoms with E-state index in [9.17, 15) is 4.79 Å². The molecule has 1 aromatic rings. The molecule has 0 radical (unpaired) electrons. The highest BCUT2D eigenvalue weighted by Gasteiger charge is 2.07. The summed E-state index contributed by atoms with van der Waals surface area (Å²) in [7, 11) is 0. The van der Waals surface area contributed by atoms with Crippen molar-refractivity contribution in [1.82, 2.24) is 9.97 Å². The van der Waals surface area contributed by atoms with Gasteiger partial charge in [-0.25, -0.2) is 9.97 Å². The minimum Gasteiger partial charge on any atom is -0.370 e. The molecular weight excluding hydrogens is 258 g/mol. The summed E-state index contributed by atoms with van der Waals surface area (Å²) in [5.74, 6) is 2.10. The van der Waals surface area contributed by atoms with Crippen molar-refractivity contribution >= 4 is 17.5 Å². The van der Waals surface area contributed by atoms with E-state index < -0.39 is 5.91 Å². The Bertz CT molecular complexity index is 437. The van der Waals surface area contributed by atoms with Crippen molar-refractivity contribution < 1.29 is 9.53 Å². The van der Waals surface area contributed by atoms with Crippen LogP contribution in [0, 0.1) is 0 Å². The molecule has 0 aliphatic heterocycles. The van der Waals surface area contributed by atoms with Crippen LogP contribution in [-0.4, -0.2) is 42.2 Å². The van der Waals surface area contributed by atoms with E-state index in [4.69, 9.17) is 10.5 Å². The van der Waals surface area contributed by atoms with Crippen molar-refractivity contribution in [3.8, 4) is 0 Å². The van der Waals surface area contributed by atoms with Crippen LogP contribution in [0.25, 0.3) is 0 Å². The zero-order valence-electron chi connectivity index (χ0n) is 12.3. The number of rotatable bonds is 9. The van der Waals surface area contributed by atoms with Crippen molar-refractivity contribution in [2.45, 2.75) is 26.7 Å². The van der Waals surface area contributed by atoms with Crippen molar-refractivity contribution in [3.05, 3.63) is 11.9 Å². The predicted octanol–water partition coefficient (Wildman–Crippen LogP) is 0.946. The molecule has 0 fully saturated rings. The summed E-state index contributed by atoms with van der Waals surface area (Å²) in [5, 5.41) is 6.32. The van der Waals surface area contributed by atoms with Gasteiger partial charge in [-0.1, -0.05) is 13.8 Å². The molecule has 0 aliphatic carbocycles. The second kappa shape index (κ2) is 8.31. The number of hydrogen-bond donors (Lipinski definition) is 3. The molecule has 4 N–H and O–H groups in total. The first-order valence-corrected chi connectivity index (χ1v) is 6.75. The SMILES string of the molecule is CCNc1cc(NCCOCC(N)=O)nc(C(C)C)n1. The number of ether oxygens (including phenoxy) is 1. The summed E-state index contributed by atoms with van der Waals surface area (Å²) >= 11 is 0. The Hall–Kier alpha value is -1.89. The third-order valence-corrected chi connectivity index (χ3v) is 2.41. The number of anilines is 2. The second-order valence-corrected chi connectivity index (χ2v) is 4.63. The van der Waals surface area contributed by atoms with E-state index in [2.05, 4.69) is 20.6 Å². The Kier molecular flexibility index (Phi) is 6.72. The molecule has 0 bridgehead atoms. The number of aromatic nitrogens is 2. The normalized spacial score (nSPS) is 10.6. The molecule has 0 aliphatic rings. The Balaban J connectivity index is 2.57. The molecular formula is C13H23N5O2. The average molecular weight is 281 g/mol. The molecule has 0 atom stereocenters. The van der Waals surface area contributed by atoms with E-state index in [1.807, 2.05) is 26.8 Å². The summed E-state index contributed by atoms with van der Waals surface area (Å²) in [6, 6.07) is 1.85. The van der Waals surface area contributed by atoms with Gasteiger partial charge in [0.05, 0.1) is 6.61 Å². The smallest absolute Gasteiger partial charge is 0.243 e. The molecule has 112 valence electrons. The average Bonchev–Trinajstić information content (AvgIpc) is 2.38. The highest BCUT2D eigenvalue weighted by atomic mass is 16.5. The van der Waals surface area contributed by atoms with E-state index in [0.717, 1.165) is 24.0 Å². The lowest BCUT2D eigenvalue weighted by Crippen LogP contribution is -2.21. The van der Waals surface area contributed by atoms with Gasteiger partial charge in [-0.05, 0) is 6.92 Å². The standard InChI is InChI=1S/C13H23N5O2/c1-4-15-11-7-12(18-13(17-11)9(2)3)16-5-6-20-8-10(14)19/h7,9H,4-6,8H2,1-3H3,(H2,14,19)(H2,15,16,17,18). The maximum Gasteiger partial charge on any atom is 0.243 e. The van der Waals surface area contributed by atoms with Gasteiger partial charge in [0.2, 0.25) is 5.91 Å². The largest absolute Gasteiger partial charge is 0.370 e. The van der Waals surface area contributed by atoms with E-state index in [1.54, 1.807) is 0 Å². The number of hydrogen-bond acceptors (Lipinski definition) is 6. The first kappa shape index (κ1) is 16.2. The van der Waals surface area contributed by atoms with Crippen LogP contribution in [-0.2, 0) is 9.53 Å². The molecule has 1 aromatic heterocycles. The Morgan fingerprint density at radius 1 is 1.35 bits per heavy atom. The molecule has 20 heavy (non-hydrogen) atoms. The number of primary amides is 1. The Morgan fingerprint density at radius 2 is 2.00 bits per heavy atom. The van der Waals surface area contributed by atoms with Gasteiger partial charge in [0.1, 0.15) is 24.1 Å². The predicted molar refractivity (Wildman–Crippen MR) is 78.8 cm³/mol. The molecule has 0 unspecified atom stereocenters. The summed E-state index contributed by atoms with van der Waals surface area (Å²) in [6.45, 7) is 7.78. The highest BCUT2D eigenvalue weighted by molar-refractivity contribution is 5.74. The fourth-order valence-electron chi connectivity index (χ4n) is 1.51. The molecule has 0 aromatic carbocycles. The fourth-order valence-corrected chi connectivity index (χ4v) is 1.51. The highest BCUT2D eigenvalue weighted by Crippen LogP contribution is 2.16. The van der Waals surface area contributed by atoms with Crippen molar-refractivity contribution in [2.24, 2.45) is 5.73 Å². The second-order valence-electron chi connectivity index (χ2n) is 4.63. The molecule has 1 rings (SSSR count). The Labute approximate surface area is 119 Å². The quantitative estimate of drug-likeness (QED) is 0.582. The van der Waals surface area contributed by atoms with Crippen LogP contribution in [0.5, 0.6) is 0 Å². The minimum absolute atomic E-state index is 0.0641. The van der Waals surface area contributed by atoms with E-state index in [-0.39, 0.29) is 12.5 Å². The first-order valence-electron chi connectivity index (χ1n) is 6.75. The number of nitrogens with two attached hydrogens (primary N) is 1. The number of carbonyl (C=O) groups excluding carboxylic acids is 1. The molecule has 0 saturated carbocycles. The summed E-state index contributed by atoms with van der Waals surface area (Å²) < 4.78 is 5.08. The van der Waals surface area contributed by atoms with Crippen LogP contribution in [0.2, 0.25) is 0 Å². The first-order chi connectivity index (χ1) is 9.52. The van der Waals surface area contributed by atoms with Crippen LogP contribution < -0.4 is 16.4 Å². The molecule has 7 nitrogen and oxygen atoms in total. The van der Waals surface area contributed by atoms with Gasteiger partial charge >= 0.3 is 0 Å². The van der Waals surface area contributed by atoms with Crippen LogP contribution in [0.4, 0.5) is 11.6 Å². The van der Waals surface area contributed by atoms with Crippen LogP contribution >= 0.6 is 0 Å². The van der Waals surface area contributed by atoms with Crippen molar-refractivity contribution in [1.29, 1.82) is 0 Å². The van der Waals surface area contributed by atoms with Gasteiger partial charge in [-0.3, -0.25) is 4.79 Å². The van der Waals surface area contributed by atoms with Gasteiger partial charge < -0.3 is 21.1 Å². The molecule has 7 heteroatoms. The summed E-state index contributed by atoms with van der Waals surface area (Å²) in [6.07, 6.45) is 0. The van der Waals surface area contributed by atoms with E-state index in [1.165, 1.54) is 0 Å². The third kappa shape index (κ3) is 5.83. The molecule has 1 amide bonds. The maximum absolute atomic E-state index is 10.5. The van der Waals surface area contributed by atoms with Crippen molar-refractivity contribution in [2.75, 3.05) is 36.9 Å². The summed E-state index contributed by atoms with van der Waals surface area (Å²) in [4.78, 5) is 19.4. The monoisotopic (exact) mass is 281 g/mol. The minimum atomic E-state index is -0.469. The number of nitrogens with zero attached hydrogens (tertiary/aromatic N) is 2. The zero-order chi connectivity index (χ0) is 15.0. The lowest BCUT2D eigenvalue weighted by Gasteiger charge is -2.12. The number of nitrogens with one attached hydrogen (secondary N) is 2. The van der Waals surface area contributed by atoms with Crippen LogP contribution in [0.1, 0.15) is 32.5 Å². The van der Waals surface area contributed by atoms with E-state index in [0.29, 0.717) is 13.2 Å². The van der Waals surface area contributed by atoms with Crippen molar-refractivity contribution in [3.63, 3.8) is 0 Å². The van der Waals surface area contributed by atoms with Gasteiger partial charge in [0.15, 0.2) is 0 Å². The van der Waals surface area contributed by atoms with Crippen LogP contribution in [0.15, 0.2) is 6.07 Å². The van der Waals surface area contributed by atoms with Gasteiger partial charge in [0.25, 0.3) is 0 Å². The van der Waals surface area contributed by atoms with Crippen LogP contribution in [0.3, 0.4) is 0 Å².